The van der Waals surface area contributed by atoms with E-state index >= 15 is 0 Å². The number of aromatic nitrogens is 1. The molecule has 2 aromatic rings. The first-order valence-electron chi connectivity index (χ1n) is 5.49. The maximum Gasteiger partial charge on any atom is 0.358 e. The number of carboxylic acid groups (broad SMARTS) is 1. The predicted molar refractivity (Wildman–Crippen MR) is 68.0 cm³/mol. The van der Waals surface area contributed by atoms with Crippen LogP contribution in [0.5, 0.6) is 0 Å². The van der Waals surface area contributed by atoms with Crippen LogP contribution in [0, 0.1) is 0 Å². The Morgan fingerprint density at radius 2 is 1.94 bits per heavy atom. The molecule has 0 radical (unpaired) electrons. The summed E-state index contributed by atoms with van der Waals surface area (Å²) in [5.74, 6) is -0.588. The Bertz CT molecular complexity index is 572. The molecule has 0 aliphatic rings. The number of rotatable bonds is 3. The maximum absolute atomic E-state index is 11.1. The second-order valence-electron chi connectivity index (χ2n) is 4.24. The third-order valence-electron chi connectivity index (χ3n) is 2.61. The van der Waals surface area contributed by atoms with Crippen LogP contribution >= 0.6 is 11.6 Å². The third-order valence-corrected chi connectivity index (χ3v) is 2.87. The Labute approximate surface area is 109 Å². The molecule has 94 valence electrons. The maximum atomic E-state index is 11.1. The molecule has 1 aromatic heterocycles. The van der Waals surface area contributed by atoms with Gasteiger partial charge in [-0.2, -0.15) is 0 Å². The SMILES string of the molecule is CC(C)c1c(C(=O)O)noc1-c1ccc(Cl)cc1. The lowest BCUT2D eigenvalue weighted by molar-refractivity contribution is 0.0684. The molecule has 0 fully saturated rings. The normalized spacial score (nSPS) is 10.9. The molecule has 1 N–H and O–H groups in total. The fraction of sp³-hybridized carbons (Fsp3) is 0.231. The number of halogens is 1. The van der Waals surface area contributed by atoms with Gasteiger partial charge >= 0.3 is 5.97 Å². The Kier molecular flexibility index (Phi) is 3.39. The van der Waals surface area contributed by atoms with E-state index in [1.807, 2.05) is 13.8 Å². The van der Waals surface area contributed by atoms with Crippen molar-refractivity contribution >= 4 is 17.6 Å². The van der Waals surface area contributed by atoms with Gasteiger partial charge in [-0.05, 0) is 30.2 Å². The lowest BCUT2D eigenvalue weighted by Gasteiger charge is -2.05. The Morgan fingerprint density at radius 1 is 1.33 bits per heavy atom. The van der Waals surface area contributed by atoms with Crippen molar-refractivity contribution in [1.82, 2.24) is 5.16 Å². The standard InChI is InChI=1S/C13H12ClNO3/c1-7(2)10-11(13(16)17)15-18-12(10)8-3-5-9(14)6-4-8/h3-7H,1-2H3,(H,16,17). The van der Waals surface area contributed by atoms with Crippen molar-refractivity contribution in [3.05, 3.63) is 40.5 Å². The van der Waals surface area contributed by atoms with Gasteiger partial charge in [0.1, 0.15) is 0 Å². The van der Waals surface area contributed by atoms with Crippen LogP contribution in [-0.2, 0) is 0 Å². The van der Waals surface area contributed by atoms with Crippen molar-refractivity contribution in [1.29, 1.82) is 0 Å². The Balaban J connectivity index is 2.57. The van der Waals surface area contributed by atoms with Gasteiger partial charge in [0.05, 0.1) is 0 Å². The summed E-state index contributed by atoms with van der Waals surface area (Å²) in [4.78, 5) is 11.1. The van der Waals surface area contributed by atoms with Crippen LogP contribution in [0.4, 0.5) is 0 Å². The molecular weight excluding hydrogens is 254 g/mol. The Morgan fingerprint density at radius 3 is 2.44 bits per heavy atom. The highest BCUT2D eigenvalue weighted by atomic mass is 35.5. The van der Waals surface area contributed by atoms with E-state index in [0.717, 1.165) is 5.56 Å². The first-order valence-corrected chi connectivity index (χ1v) is 5.87. The molecule has 0 saturated carbocycles. The molecule has 1 heterocycles. The predicted octanol–water partition coefficient (Wildman–Crippen LogP) is 3.82. The van der Waals surface area contributed by atoms with Crippen LogP contribution in [-0.4, -0.2) is 16.2 Å². The quantitative estimate of drug-likeness (QED) is 0.916. The first-order chi connectivity index (χ1) is 8.50. The number of benzene rings is 1. The molecule has 0 spiro atoms. The van der Waals surface area contributed by atoms with E-state index in [-0.39, 0.29) is 11.6 Å². The number of nitrogens with zero attached hydrogens (tertiary/aromatic N) is 1. The zero-order valence-electron chi connectivity index (χ0n) is 9.98. The number of carboxylic acids is 1. The smallest absolute Gasteiger partial charge is 0.358 e. The minimum atomic E-state index is -1.08. The highest BCUT2D eigenvalue weighted by Gasteiger charge is 2.24. The average Bonchev–Trinajstić information content (AvgIpc) is 2.74. The molecular formula is C13H12ClNO3. The second-order valence-corrected chi connectivity index (χ2v) is 4.68. The number of hydrogen-bond donors (Lipinski definition) is 1. The molecule has 18 heavy (non-hydrogen) atoms. The van der Waals surface area contributed by atoms with E-state index in [1.54, 1.807) is 24.3 Å². The van der Waals surface area contributed by atoms with Crippen molar-refractivity contribution < 1.29 is 14.4 Å². The van der Waals surface area contributed by atoms with E-state index in [4.69, 9.17) is 21.2 Å². The summed E-state index contributed by atoms with van der Waals surface area (Å²) in [5, 5.41) is 13.3. The number of aromatic carboxylic acids is 1. The van der Waals surface area contributed by atoms with Crippen LogP contribution < -0.4 is 0 Å². The molecule has 0 aliphatic heterocycles. The van der Waals surface area contributed by atoms with E-state index in [1.165, 1.54) is 0 Å². The molecule has 0 aliphatic carbocycles. The summed E-state index contributed by atoms with van der Waals surface area (Å²) in [6, 6.07) is 7.01. The van der Waals surface area contributed by atoms with Gasteiger partial charge in [0.25, 0.3) is 0 Å². The summed E-state index contributed by atoms with van der Waals surface area (Å²) in [5.41, 5.74) is 1.34. The molecule has 1 aromatic carbocycles. The molecule has 0 amide bonds. The lowest BCUT2D eigenvalue weighted by Crippen LogP contribution is -2.03. The second kappa shape index (κ2) is 4.82. The van der Waals surface area contributed by atoms with Gasteiger partial charge in [-0.15, -0.1) is 0 Å². The van der Waals surface area contributed by atoms with Gasteiger partial charge in [0.15, 0.2) is 11.5 Å². The van der Waals surface area contributed by atoms with Crippen molar-refractivity contribution in [3.63, 3.8) is 0 Å². The molecule has 0 saturated heterocycles. The summed E-state index contributed by atoms with van der Waals surface area (Å²) < 4.78 is 5.17. The van der Waals surface area contributed by atoms with Gasteiger partial charge in [0.2, 0.25) is 0 Å². The lowest BCUT2D eigenvalue weighted by atomic mass is 9.97. The fourth-order valence-corrected chi connectivity index (χ4v) is 1.92. The minimum Gasteiger partial charge on any atom is -0.476 e. The minimum absolute atomic E-state index is 0.00743. The van der Waals surface area contributed by atoms with E-state index < -0.39 is 5.97 Å². The van der Waals surface area contributed by atoms with Gasteiger partial charge < -0.3 is 9.63 Å². The Hall–Kier alpha value is -1.81. The summed E-state index contributed by atoms with van der Waals surface area (Å²) in [6.45, 7) is 3.80. The molecule has 5 heteroatoms. The highest BCUT2D eigenvalue weighted by Crippen LogP contribution is 2.32. The topological polar surface area (TPSA) is 63.3 Å². The van der Waals surface area contributed by atoms with Crippen molar-refractivity contribution in [2.45, 2.75) is 19.8 Å². The largest absolute Gasteiger partial charge is 0.476 e. The van der Waals surface area contributed by atoms with Crippen LogP contribution in [0.1, 0.15) is 35.8 Å². The van der Waals surface area contributed by atoms with Crippen molar-refractivity contribution in [3.8, 4) is 11.3 Å². The molecule has 2 rings (SSSR count). The summed E-state index contributed by atoms with van der Waals surface area (Å²) >= 11 is 5.82. The van der Waals surface area contributed by atoms with Gasteiger partial charge in [0, 0.05) is 16.1 Å². The zero-order valence-corrected chi connectivity index (χ0v) is 10.7. The molecule has 4 nitrogen and oxygen atoms in total. The van der Waals surface area contributed by atoms with Gasteiger partial charge in [-0.1, -0.05) is 30.6 Å². The monoisotopic (exact) mass is 265 g/mol. The van der Waals surface area contributed by atoms with Crippen molar-refractivity contribution in [2.75, 3.05) is 0 Å². The van der Waals surface area contributed by atoms with Crippen molar-refractivity contribution in [2.24, 2.45) is 0 Å². The first kappa shape index (κ1) is 12.6. The van der Waals surface area contributed by atoms with Gasteiger partial charge in [-0.3, -0.25) is 0 Å². The summed E-state index contributed by atoms with van der Waals surface area (Å²) in [6.07, 6.45) is 0. The fourth-order valence-electron chi connectivity index (χ4n) is 1.80. The van der Waals surface area contributed by atoms with Crippen LogP contribution in [0.15, 0.2) is 28.8 Å². The van der Waals surface area contributed by atoms with Gasteiger partial charge in [-0.25, -0.2) is 4.79 Å². The zero-order chi connectivity index (χ0) is 13.3. The average molecular weight is 266 g/mol. The van der Waals surface area contributed by atoms with Crippen LogP contribution in [0.25, 0.3) is 11.3 Å². The van der Waals surface area contributed by atoms with Crippen LogP contribution in [0.2, 0.25) is 5.02 Å². The van der Waals surface area contributed by atoms with E-state index in [9.17, 15) is 4.79 Å². The molecule has 0 bridgehead atoms. The third kappa shape index (κ3) is 2.24. The van der Waals surface area contributed by atoms with Crippen LogP contribution in [0.3, 0.4) is 0 Å². The molecule has 0 atom stereocenters. The van der Waals surface area contributed by atoms with E-state index in [0.29, 0.717) is 16.3 Å². The number of hydrogen-bond acceptors (Lipinski definition) is 3. The highest BCUT2D eigenvalue weighted by molar-refractivity contribution is 6.30. The molecule has 0 unspecified atom stereocenters. The van der Waals surface area contributed by atoms with E-state index in [2.05, 4.69) is 5.16 Å². The number of carbonyl (C=O) groups is 1. The summed E-state index contributed by atoms with van der Waals surface area (Å²) in [7, 11) is 0.